The molecule has 8 heteroatoms. The van der Waals surface area contributed by atoms with E-state index in [1.807, 2.05) is 6.92 Å². The molecule has 2 aliphatic rings. The first-order valence-electron chi connectivity index (χ1n) is 9.87. The van der Waals surface area contributed by atoms with Crippen LogP contribution >= 0.6 is 0 Å². The van der Waals surface area contributed by atoms with Gasteiger partial charge >= 0.3 is 5.97 Å². The van der Waals surface area contributed by atoms with E-state index in [-0.39, 0.29) is 21.8 Å². The fraction of sp³-hybridized carbons (Fsp3) is 0.364. The van der Waals surface area contributed by atoms with Crippen LogP contribution in [0.1, 0.15) is 52.0 Å². The Morgan fingerprint density at radius 2 is 1.80 bits per heavy atom. The molecule has 158 valence electrons. The molecule has 0 saturated heterocycles. The smallest absolute Gasteiger partial charge is 0.337 e. The van der Waals surface area contributed by atoms with E-state index in [1.54, 1.807) is 12.1 Å². The number of benzene rings is 2. The summed E-state index contributed by atoms with van der Waals surface area (Å²) in [5.41, 5.74) is 1.12. The molecule has 1 heterocycles. The van der Waals surface area contributed by atoms with Gasteiger partial charge in [0.2, 0.25) is 0 Å². The molecule has 1 aliphatic heterocycles. The number of esters is 1. The van der Waals surface area contributed by atoms with Gasteiger partial charge in [-0.05, 0) is 56.5 Å². The van der Waals surface area contributed by atoms with Crippen LogP contribution in [0.25, 0.3) is 0 Å². The molecule has 2 atom stereocenters. The maximum atomic E-state index is 13.6. The molecule has 0 radical (unpaired) electrons. The Labute approximate surface area is 175 Å². The van der Waals surface area contributed by atoms with Gasteiger partial charge < -0.3 is 9.47 Å². The van der Waals surface area contributed by atoms with E-state index in [4.69, 9.17) is 9.47 Å². The third kappa shape index (κ3) is 3.45. The summed E-state index contributed by atoms with van der Waals surface area (Å²) in [6.45, 7) is 1.86. The minimum atomic E-state index is -4.12. The van der Waals surface area contributed by atoms with Crippen molar-refractivity contribution in [2.24, 2.45) is 0 Å². The Kier molecular flexibility index (Phi) is 5.27. The van der Waals surface area contributed by atoms with Crippen molar-refractivity contribution in [3.8, 4) is 5.75 Å². The third-order valence-electron chi connectivity index (χ3n) is 5.66. The molecule has 1 saturated carbocycles. The molecule has 1 amide bonds. The van der Waals surface area contributed by atoms with Crippen LogP contribution < -0.4 is 4.74 Å². The molecule has 1 fully saturated rings. The van der Waals surface area contributed by atoms with Crippen molar-refractivity contribution < 1.29 is 27.5 Å². The largest absolute Gasteiger partial charge is 0.487 e. The number of hydrogen-bond acceptors (Lipinski definition) is 6. The highest BCUT2D eigenvalue weighted by atomic mass is 32.2. The van der Waals surface area contributed by atoms with E-state index < -0.39 is 34.0 Å². The van der Waals surface area contributed by atoms with Crippen molar-refractivity contribution in [2.75, 3.05) is 7.11 Å². The fourth-order valence-electron chi connectivity index (χ4n) is 4.07. The van der Waals surface area contributed by atoms with E-state index in [2.05, 4.69) is 0 Å². The number of sulfonamides is 1. The number of fused-ring (bicyclic) bond motifs is 2. The number of amides is 1. The lowest BCUT2D eigenvalue weighted by Crippen LogP contribution is -2.51. The van der Waals surface area contributed by atoms with Gasteiger partial charge in [-0.15, -0.1) is 0 Å². The molecule has 0 N–H and O–H groups in total. The minimum Gasteiger partial charge on any atom is -0.487 e. The van der Waals surface area contributed by atoms with Crippen molar-refractivity contribution in [2.45, 2.75) is 49.6 Å². The number of aryl methyl sites for hydroxylation is 1. The quantitative estimate of drug-likeness (QED) is 0.696. The zero-order valence-electron chi connectivity index (χ0n) is 16.8. The van der Waals surface area contributed by atoms with Crippen LogP contribution in [0.4, 0.5) is 0 Å². The van der Waals surface area contributed by atoms with Gasteiger partial charge in [0.25, 0.3) is 15.9 Å². The maximum Gasteiger partial charge on any atom is 0.337 e. The van der Waals surface area contributed by atoms with Crippen molar-refractivity contribution in [3.63, 3.8) is 0 Å². The van der Waals surface area contributed by atoms with Crippen LogP contribution in [-0.4, -0.2) is 43.9 Å². The highest BCUT2D eigenvalue weighted by molar-refractivity contribution is 7.89. The summed E-state index contributed by atoms with van der Waals surface area (Å²) < 4.78 is 38.9. The van der Waals surface area contributed by atoms with Crippen LogP contribution in [0.15, 0.2) is 47.4 Å². The number of carbonyl (C=O) groups excluding carboxylic acids is 2. The summed E-state index contributed by atoms with van der Waals surface area (Å²) in [6, 6.07) is 10.2. The van der Waals surface area contributed by atoms with Gasteiger partial charge in [0.15, 0.2) is 0 Å². The van der Waals surface area contributed by atoms with Gasteiger partial charge in [-0.2, -0.15) is 0 Å². The maximum absolute atomic E-state index is 13.6. The predicted octanol–water partition coefficient (Wildman–Crippen LogP) is 3.32. The Hall–Kier alpha value is -2.87. The lowest BCUT2D eigenvalue weighted by Gasteiger charge is -2.36. The van der Waals surface area contributed by atoms with Gasteiger partial charge in [-0.3, -0.25) is 4.79 Å². The second-order valence-electron chi connectivity index (χ2n) is 7.63. The van der Waals surface area contributed by atoms with Crippen molar-refractivity contribution in [1.82, 2.24) is 4.31 Å². The summed E-state index contributed by atoms with van der Waals surface area (Å²) in [4.78, 5) is 25.6. The summed E-state index contributed by atoms with van der Waals surface area (Å²) in [5, 5.41) is 0. The van der Waals surface area contributed by atoms with Crippen molar-refractivity contribution in [3.05, 3.63) is 59.2 Å². The Balaban J connectivity index is 1.86. The standard InChI is InChI=1S/C22H23NO6S/c1-14-7-10-16(11-8-14)30(26,27)23-18-5-3-4-6-20(18)29-19-12-9-15(22(25)28-2)13-17(19)21(23)24/h7-13,18,20H,3-6H2,1-2H3/t18-,20-/m1/s1. The van der Waals surface area contributed by atoms with Crippen molar-refractivity contribution >= 4 is 21.9 Å². The SMILES string of the molecule is COC(=O)c1ccc2c(c1)C(=O)N(S(=O)(=O)c1ccc(C)cc1)[C@@H]1CCCC[C@H]1O2. The highest BCUT2D eigenvalue weighted by Crippen LogP contribution is 2.37. The molecule has 0 aromatic heterocycles. The zero-order valence-corrected chi connectivity index (χ0v) is 17.6. The lowest BCUT2D eigenvalue weighted by molar-refractivity contribution is 0.0599. The second-order valence-corrected chi connectivity index (χ2v) is 9.44. The highest BCUT2D eigenvalue weighted by Gasteiger charge is 2.45. The van der Waals surface area contributed by atoms with Gasteiger partial charge in [0.1, 0.15) is 11.9 Å². The first kappa shape index (κ1) is 20.4. The second kappa shape index (κ2) is 7.75. The van der Waals surface area contributed by atoms with E-state index in [0.29, 0.717) is 12.8 Å². The zero-order chi connectivity index (χ0) is 21.5. The molecule has 0 unspecified atom stereocenters. The van der Waals surface area contributed by atoms with E-state index in [1.165, 1.54) is 37.4 Å². The van der Waals surface area contributed by atoms with E-state index in [0.717, 1.165) is 22.7 Å². The Morgan fingerprint density at radius 3 is 2.50 bits per heavy atom. The van der Waals surface area contributed by atoms with Gasteiger partial charge in [-0.25, -0.2) is 17.5 Å². The summed E-state index contributed by atoms with van der Waals surface area (Å²) in [7, 11) is -2.87. The summed E-state index contributed by atoms with van der Waals surface area (Å²) >= 11 is 0. The van der Waals surface area contributed by atoms with Crippen LogP contribution in [0.3, 0.4) is 0 Å². The van der Waals surface area contributed by atoms with Crippen LogP contribution in [0.2, 0.25) is 0 Å². The molecular formula is C22H23NO6S. The normalized spacial score (nSPS) is 21.1. The molecule has 2 aromatic carbocycles. The minimum absolute atomic E-state index is 0.0444. The van der Waals surface area contributed by atoms with Crippen LogP contribution in [0.5, 0.6) is 5.75 Å². The fourth-order valence-corrected chi connectivity index (χ4v) is 5.69. The van der Waals surface area contributed by atoms with E-state index >= 15 is 0 Å². The molecule has 0 spiro atoms. The van der Waals surface area contributed by atoms with Gasteiger partial charge in [-0.1, -0.05) is 24.1 Å². The number of carbonyl (C=O) groups is 2. The predicted molar refractivity (Wildman–Crippen MR) is 109 cm³/mol. The third-order valence-corrected chi connectivity index (χ3v) is 7.48. The number of methoxy groups -OCH3 is 1. The average Bonchev–Trinajstić information content (AvgIpc) is 2.87. The topological polar surface area (TPSA) is 90.0 Å². The number of ether oxygens (including phenoxy) is 2. The molecule has 0 bridgehead atoms. The molecular weight excluding hydrogens is 406 g/mol. The Morgan fingerprint density at radius 1 is 1.10 bits per heavy atom. The molecule has 4 rings (SSSR count). The van der Waals surface area contributed by atoms with Crippen molar-refractivity contribution in [1.29, 1.82) is 0 Å². The average molecular weight is 429 g/mol. The number of nitrogens with zero attached hydrogens (tertiary/aromatic N) is 1. The molecule has 1 aliphatic carbocycles. The first-order valence-corrected chi connectivity index (χ1v) is 11.3. The number of hydrogen-bond donors (Lipinski definition) is 0. The summed E-state index contributed by atoms with van der Waals surface area (Å²) in [5.74, 6) is -1.02. The monoisotopic (exact) mass is 429 g/mol. The van der Waals surface area contributed by atoms with Crippen LogP contribution in [-0.2, 0) is 14.8 Å². The molecule has 30 heavy (non-hydrogen) atoms. The molecule has 2 aromatic rings. The summed E-state index contributed by atoms with van der Waals surface area (Å²) in [6.07, 6.45) is 2.44. The van der Waals surface area contributed by atoms with Crippen LogP contribution in [0, 0.1) is 6.92 Å². The lowest BCUT2D eigenvalue weighted by atomic mass is 9.92. The molecule has 7 nitrogen and oxygen atoms in total. The van der Waals surface area contributed by atoms with Gasteiger partial charge in [0.05, 0.1) is 29.2 Å². The Bertz CT molecular complexity index is 1090. The first-order chi connectivity index (χ1) is 14.3. The number of rotatable bonds is 3. The van der Waals surface area contributed by atoms with Gasteiger partial charge in [0, 0.05) is 0 Å². The van der Waals surface area contributed by atoms with E-state index in [9.17, 15) is 18.0 Å².